The average Bonchev–Trinajstić information content (AvgIpc) is 3.28. The van der Waals surface area contributed by atoms with Crippen LogP contribution in [0.1, 0.15) is 12.8 Å². The van der Waals surface area contributed by atoms with Gasteiger partial charge in [-0.2, -0.15) is 20.5 Å². The molecule has 0 radical (unpaired) electrons. The lowest BCUT2D eigenvalue weighted by Gasteiger charge is -2.17. The third kappa shape index (κ3) is 4.65. The Morgan fingerprint density at radius 1 is 0.536 bits per heavy atom. The number of azo groups is 2. The molecule has 3 aromatic carbocycles. The van der Waals surface area contributed by atoms with Gasteiger partial charge < -0.3 is 4.90 Å². The van der Waals surface area contributed by atoms with Crippen molar-refractivity contribution in [1.82, 2.24) is 0 Å². The number of rotatable bonds is 5. The molecule has 0 bridgehead atoms. The molecule has 0 atom stereocenters. The monoisotopic (exact) mass is 373 g/mol. The molecule has 0 aromatic heterocycles. The minimum atomic E-state index is -0.292. The van der Waals surface area contributed by atoms with Crippen molar-refractivity contribution >= 4 is 28.4 Å². The summed E-state index contributed by atoms with van der Waals surface area (Å²) in [7, 11) is 0. The van der Waals surface area contributed by atoms with Gasteiger partial charge in [-0.15, -0.1) is 0 Å². The molecule has 1 aliphatic heterocycles. The van der Waals surface area contributed by atoms with Crippen LogP contribution in [-0.2, 0) is 0 Å². The van der Waals surface area contributed by atoms with Crippen LogP contribution in [0, 0.1) is 5.82 Å². The lowest BCUT2D eigenvalue weighted by molar-refractivity contribution is 0.628. The van der Waals surface area contributed by atoms with Crippen molar-refractivity contribution in [3.05, 3.63) is 78.6 Å². The molecule has 0 N–H and O–H groups in total. The first-order valence-corrected chi connectivity index (χ1v) is 9.30. The second kappa shape index (κ2) is 8.52. The first kappa shape index (κ1) is 18.0. The number of hydrogen-bond donors (Lipinski definition) is 0. The molecule has 28 heavy (non-hydrogen) atoms. The molecule has 1 saturated heterocycles. The zero-order valence-electron chi connectivity index (χ0n) is 15.4. The van der Waals surface area contributed by atoms with Gasteiger partial charge in [-0.05, 0) is 85.6 Å². The highest BCUT2D eigenvalue weighted by Gasteiger charge is 2.11. The second-order valence-corrected chi connectivity index (χ2v) is 6.60. The van der Waals surface area contributed by atoms with E-state index in [0.717, 1.165) is 24.5 Å². The van der Waals surface area contributed by atoms with Crippen molar-refractivity contribution in [3.8, 4) is 0 Å². The van der Waals surface area contributed by atoms with E-state index in [4.69, 9.17) is 0 Å². The van der Waals surface area contributed by atoms with Gasteiger partial charge in [0.2, 0.25) is 0 Å². The molecule has 0 unspecified atom stereocenters. The highest BCUT2D eigenvalue weighted by Crippen LogP contribution is 2.26. The van der Waals surface area contributed by atoms with Crippen LogP contribution >= 0.6 is 0 Å². The summed E-state index contributed by atoms with van der Waals surface area (Å²) in [5, 5.41) is 16.8. The van der Waals surface area contributed by atoms with Gasteiger partial charge in [-0.1, -0.05) is 0 Å². The predicted octanol–water partition coefficient (Wildman–Crippen LogP) is 7.26. The fourth-order valence-corrected chi connectivity index (χ4v) is 3.03. The summed E-state index contributed by atoms with van der Waals surface area (Å²) in [6, 6.07) is 21.3. The molecule has 3 aromatic rings. The quantitative estimate of drug-likeness (QED) is 0.434. The van der Waals surface area contributed by atoms with Gasteiger partial charge in [0, 0.05) is 18.8 Å². The Morgan fingerprint density at radius 3 is 1.32 bits per heavy atom. The lowest BCUT2D eigenvalue weighted by Crippen LogP contribution is -2.17. The highest BCUT2D eigenvalue weighted by molar-refractivity contribution is 5.53. The smallest absolute Gasteiger partial charge is 0.123 e. The van der Waals surface area contributed by atoms with Gasteiger partial charge >= 0.3 is 0 Å². The summed E-state index contributed by atoms with van der Waals surface area (Å²) in [4.78, 5) is 2.39. The third-order valence-electron chi connectivity index (χ3n) is 4.56. The Labute approximate surface area is 163 Å². The summed E-state index contributed by atoms with van der Waals surface area (Å²) in [5.41, 5.74) is 4.10. The summed E-state index contributed by atoms with van der Waals surface area (Å²) >= 11 is 0. The van der Waals surface area contributed by atoms with Crippen LogP contribution in [-0.4, -0.2) is 13.1 Å². The molecular formula is C22H20FN5. The van der Waals surface area contributed by atoms with E-state index in [-0.39, 0.29) is 5.82 Å². The van der Waals surface area contributed by atoms with Crippen LogP contribution in [0.3, 0.4) is 0 Å². The number of nitrogens with zero attached hydrogens (tertiary/aromatic N) is 5. The van der Waals surface area contributed by atoms with Gasteiger partial charge in [-0.3, -0.25) is 0 Å². The van der Waals surface area contributed by atoms with Crippen LogP contribution in [0.15, 0.2) is 93.3 Å². The molecule has 1 aliphatic rings. The molecule has 4 rings (SSSR count). The maximum Gasteiger partial charge on any atom is 0.123 e. The molecule has 5 nitrogen and oxygen atoms in total. The Hall–Kier alpha value is -3.41. The number of benzene rings is 3. The highest BCUT2D eigenvalue weighted by atomic mass is 19.1. The Kier molecular flexibility index (Phi) is 5.47. The average molecular weight is 373 g/mol. The van der Waals surface area contributed by atoms with E-state index in [9.17, 15) is 4.39 Å². The summed E-state index contributed by atoms with van der Waals surface area (Å²) in [6.45, 7) is 2.26. The summed E-state index contributed by atoms with van der Waals surface area (Å²) in [5.74, 6) is -0.292. The molecule has 6 heteroatoms. The maximum absolute atomic E-state index is 12.9. The van der Waals surface area contributed by atoms with E-state index in [1.54, 1.807) is 12.1 Å². The van der Waals surface area contributed by atoms with Crippen LogP contribution in [0.2, 0.25) is 0 Å². The van der Waals surface area contributed by atoms with Gasteiger partial charge in [0.05, 0.1) is 22.7 Å². The van der Waals surface area contributed by atoms with Gasteiger partial charge in [0.25, 0.3) is 0 Å². The maximum atomic E-state index is 12.9. The zero-order chi connectivity index (χ0) is 19.2. The lowest BCUT2D eigenvalue weighted by atomic mass is 10.2. The van der Waals surface area contributed by atoms with Crippen LogP contribution in [0.25, 0.3) is 0 Å². The van der Waals surface area contributed by atoms with E-state index in [1.165, 1.54) is 30.7 Å². The first-order valence-electron chi connectivity index (χ1n) is 9.30. The normalized spacial score (nSPS) is 14.4. The van der Waals surface area contributed by atoms with Crippen LogP contribution < -0.4 is 4.90 Å². The minimum Gasteiger partial charge on any atom is -0.372 e. The molecule has 0 amide bonds. The van der Waals surface area contributed by atoms with Gasteiger partial charge in [0.15, 0.2) is 0 Å². The molecule has 1 fully saturated rings. The Bertz CT molecular complexity index is 957. The van der Waals surface area contributed by atoms with Crippen LogP contribution in [0.5, 0.6) is 0 Å². The minimum absolute atomic E-state index is 0.292. The summed E-state index contributed by atoms with van der Waals surface area (Å²) in [6.07, 6.45) is 2.53. The molecular weight excluding hydrogens is 353 g/mol. The largest absolute Gasteiger partial charge is 0.372 e. The molecule has 0 saturated carbocycles. The first-order chi connectivity index (χ1) is 13.8. The molecule has 0 aliphatic carbocycles. The van der Waals surface area contributed by atoms with E-state index in [2.05, 4.69) is 37.5 Å². The van der Waals surface area contributed by atoms with Crippen molar-refractivity contribution in [1.29, 1.82) is 0 Å². The van der Waals surface area contributed by atoms with Crippen molar-refractivity contribution in [3.63, 3.8) is 0 Å². The fraction of sp³-hybridized carbons (Fsp3) is 0.182. The number of hydrogen-bond acceptors (Lipinski definition) is 5. The van der Waals surface area contributed by atoms with Gasteiger partial charge in [0.1, 0.15) is 5.82 Å². The van der Waals surface area contributed by atoms with Crippen molar-refractivity contribution in [2.24, 2.45) is 20.5 Å². The zero-order valence-corrected chi connectivity index (χ0v) is 15.4. The van der Waals surface area contributed by atoms with E-state index < -0.39 is 0 Å². The predicted molar refractivity (Wildman–Crippen MR) is 109 cm³/mol. The summed E-state index contributed by atoms with van der Waals surface area (Å²) < 4.78 is 12.9. The number of anilines is 1. The molecule has 0 spiro atoms. The van der Waals surface area contributed by atoms with Crippen molar-refractivity contribution in [2.75, 3.05) is 18.0 Å². The Balaban J connectivity index is 1.37. The topological polar surface area (TPSA) is 52.7 Å². The number of halogens is 1. The van der Waals surface area contributed by atoms with Crippen molar-refractivity contribution in [2.45, 2.75) is 12.8 Å². The van der Waals surface area contributed by atoms with Crippen molar-refractivity contribution < 1.29 is 4.39 Å². The molecule has 140 valence electrons. The van der Waals surface area contributed by atoms with E-state index >= 15 is 0 Å². The SMILES string of the molecule is Fc1ccc(N=Nc2ccc(N=Nc3ccc(N4CCCC4)cc3)cc2)cc1. The van der Waals surface area contributed by atoms with Crippen LogP contribution in [0.4, 0.5) is 32.8 Å². The van der Waals surface area contributed by atoms with Gasteiger partial charge in [-0.25, -0.2) is 4.39 Å². The Morgan fingerprint density at radius 2 is 0.893 bits per heavy atom. The molecule has 1 heterocycles. The fourth-order valence-electron chi connectivity index (χ4n) is 3.03. The second-order valence-electron chi connectivity index (χ2n) is 6.60. The van der Waals surface area contributed by atoms with E-state index in [1.807, 2.05) is 36.4 Å². The standard InChI is InChI=1S/C22H20FN5/c23-17-3-5-18(6-4-17)24-25-19-7-9-20(10-8-19)26-27-21-11-13-22(14-12-21)28-15-1-2-16-28/h3-14H,1-2,15-16H2. The van der Waals surface area contributed by atoms with E-state index in [0.29, 0.717) is 11.4 Å². The third-order valence-corrected chi connectivity index (χ3v) is 4.56.